The van der Waals surface area contributed by atoms with Crippen LogP contribution in [0.4, 0.5) is 4.79 Å². The fourth-order valence-electron chi connectivity index (χ4n) is 3.21. The van der Waals surface area contributed by atoms with Gasteiger partial charge in [-0.15, -0.1) is 0 Å². The topological polar surface area (TPSA) is 58.6 Å². The van der Waals surface area contributed by atoms with Gasteiger partial charge < -0.3 is 15.0 Å². The molecule has 0 radical (unpaired) electrons. The van der Waals surface area contributed by atoms with Crippen LogP contribution >= 0.6 is 0 Å². The van der Waals surface area contributed by atoms with E-state index in [1.807, 2.05) is 68.1 Å². The first-order valence-corrected chi connectivity index (χ1v) is 9.09. The number of ether oxygens (including phenoxy) is 1. The Morgan fingerprint density at radius 2 is 1.69 bits per heavy atom. The van der Waals surface area contributed by atoms with E-state index >= 15 is 0 Å². The summed E-state index contributed by atoms with van der Waals surface area (Å²) in [6.45, 7) is 6.80. The number of amides is 2. The molecule has 0 bridgehead atoms. The lowest BCUT2D eigenvalue weighted by atomic mass is 10.0. The van der Waals surface area contributed by atoms with Crippen LogP contribution in [0.3, 0.4) is 0 Å². The van der Waals surface area contributed by atoms with Crippen LogP contribution in [-0.4, -0.2) is 41.6 Å². The Morgan fingerprint density at radius 3 is 2.35 bits per heavy atom. The van der Waals surface area contributed by atoms with Crippen molar-refractivity contribution < 1.29 is 14.3 Å². The van der Waals surface area contributed by atoms with E-state index in [-0.39, 0.29) is 11.9 Å². The van der Waals surface area contributed by atoms with Crippen LogP contribution in [0.25, 0.3) is 10.8 Å². The van der Waals surface area contributed by atoms with Gasteiger partial charge in [0.25, 0.3) is 5.91 Å². The number of nitrogens with zero attached hydrogens (tertiary/aromatic N) is 1. The highest BCUT2D eigenvalue weighted by molar-refractivity contribution is 5.98. The van der Waals surface area contributed by atoms with Crippen molar-refractivity contribution >= 4 is 22.8 Å². The molecule has 138 valence electrons. The molecule has 1 heterocycles. The zero-order valence-electron chi connectivity index (χ0n) is 15.6. The number of hydrogen-bond acceptors (Lipinski definition) is 3. The molecular formula is C21H26N2O3. The molecule has 0 unspecified atom stereocenters. The molecule has 2 amide bonds. The molecule has 5 nitrogen and oxygen atoms in total. The molecule has 1 saturated heterocycles. The van der Waals surface area contributed by atoms with Gasteiger partial charge in [-0.25, -0.2) is 4.79 Å². The van der Waals surface area contributed by atoms with Crippen molar-refractivity contribution in [2.24, 2.45) is 0 Å². The van der Waals surface area contributed by atoms with E-state index in [2.05, 4.69) is 5.32 Å². The predicted molar refractivity (Wildman–Crippen MR) is 102 cm³/mol. The monoisotopic (exact) mass is 354 g/mol. The molecule has 0 aromatic heterocycles. The maximum Gasteiger partial charge on any atom is 0.407 e. The smallest absolute Gasteiger partial charge is 0.407 e. The molecule has 0 spiro atoms. The van der Waals surface area contributed by atoms with Crippen LogP contribution in [0, 0.1) is 0 Å². The van der Waals surface area contributed by atoms with Crippen LogP contribution < -0.4 is 5.32 Å². The van der Waals surface area contributed by atoms with Crippen LogP contribution in [0.15, 0.2) is 42.5 Å². The van der Waals surface area contributed by atoms with Gasteiger partial charge in [-0.05, 0) is 56.5 Å². The summed E-state index contributed by atoms with van der Waals surface area (Å²) in [4.78, 5) is 26.5. The minimum absolute atomic E-state index is 0.0468. The van der Waals surface area contributed by atoms with E-state index in [0.717, 1.165) is 23.6 Å². The zero-order valence-corrected chi connectivity index (χ0v) is 15.6. The number of piperidine rings is 1. The van der Waals surface area contributed by atoms with Gasteiger partial charge in [0, 0.05) is 24.7 Å². The second-order valence-corrected chi connectivity index (χ2v) is 7.77. The molecule has 3 rings (SSSR count). The molecule has 2 aromatic rings. The zero-order chi connectivity index (χ0) is 18.7. The summed E-state index contributed by atoms with van der Waals surface area (Å²) in [6.07, 6.45) is 1.08. The molecule has 1 fully saturated rings. The van der Waals surface area contributed by atoms with Crippen LogP contribution in [0.5, 0.6) is 0 Å². The van der Waals surface area contributed by atoms with Gasteiger partial charge in [0.15, 0.2) is 0 Å². The summed E-state index contributed by atoms with van der Waals surface area (Å²) in [5, 5.41) is 5.10. The van der Waals surface area contributed by atoms with Crippen molar-refractivity contribution in [1.82, 2.24) is 10.2 Å². The van der Waals surface area contributed by atoms with Crippen molar-refractivity contribution in [3.63, 3.8) is 0 Å². The highest BCUT2D eigenvalue weighted by Crippen LogP contribution is 2.19. The van der Waals surface area contributed by atoms with Crippen LogP contribution in [-0.2, 0) is 4.74 Å². The lowest BCUT2D eigenvalue weighted by Crippen LogP contribution is -2.47. The third kappa shape index (κ3) is 4.54. The minimum atomic E-state index is -0.503. The summed E-state index contributed by atoms with van der Waals surface area (Å²) in [7, 11) is 0. The second kappa shape index (κ2) is 7.36. The van der Waals surface area contributed by atoms with E-state index in [1.54, 1.807) is 0 Å². The van der Waals surface area contributed by atoms with Gasteiger partial charge >= 0.3 is 6.09 Å². The number of likely N-dealkylation sites (tertiary alicyclic amines) is 1. The van der Waals surface area contributed by atoms with Crippen LogP contribution in [0.1, 0.15) is 44.0 Å². The first kappa shape index (κ1) is 18.2. The third-order valence-electron chi connectivity index (χ3n) is 4.50. The van der Waals surface area contributed by atoms with E-state index in [4.69, 9.17) is 4.74 Å². The number of nitrogens with one attached hydrogen (secondary N) is 1. The Bertz CT molecular complexity index is 802. The average molecular weight is 354 g/mol. The average Bonchev–Trinajstić information content (AvgIpc) is 2.59. The van der Waals surface area contributed by atoms with Crippen molar-refractivity contribution in [1.29, 1.82) is 0 Å². The summed E-state index contributed by atoms with van der Waals surface area (Å²) in [5.74, 6) is 0.0477. The molecule has 1 N–H and O–H groups in total. The quantitative estimate of drug-likeness (QED) is 0.888. The molecule has 1 aliphatic rings. The summed E-state index contributed by atoms with van der Waals surface area (Å²) >= 11 is 0. The van der Waals surface area contributed by atoms with Crippen LogP contribution in [0.2, 0.25) is 0 Å². The Labute approximate surface area is 154 Å². The largest absolute Gasteiger partial charge is 0.444 e. The van der Waals surface area contributed by atoms with Crippen molar-refractivity contribution in [2.45, 2.75) is 45.3 Å². The van der Waals surface area contributed by atoms with Gasteiger partial charge in [-0.1, -0.05) is 30.3 Å². The van der Waals surface area contributed by atoms with E-state index in [9.17, 15) is 9.59 Å². The van der Waals surface area contributed by atoms with Gasteiger partial charge in [0.05, 0.1) is 0 Å². The molecule has 26 heavy (non-hydrogen) atoms. The number of rotatable bonds is 2. The molecule has 0 atom stereocenters. The summed E-state index contributed by atoms with van der Waals surface area (Å²) < 4.78 is 5.29. The molecule has 1 aliphatic heterocycles. The van der Waals surface area contributed by atoms with Crippen molar-refractivity contribution in [3.05, 3.63) is 48.0 Å². The Kier molecular flexibility index (Phi) is 5.16. The standard InChI is InChI=1S/C21H26N2O3/c1-21(2,3)26-20(25)22-18-10-12-23(13-11-18)19(24)17-9-8-15-6-4-5-7-16(15)14-17/h4-9,14,18H,10-13H2,1-3H3,(H,22,25). The lowest BCUT2D eigenvalue weighted by molar-refractivity contribution is 0.0473. The van der Waals surface area contributed by atoms with Gasteiger partial charge in [0.1, 0.15) is 5.60 Å². The van der Waals surface area contributed by atoms with Crippen molar-refractivity contribution in [2.75, 3.05) is 13.1 Å². The summed E-state index contributed by atoms with van der Waals surface area (Å²) in [6, 6.07) is 13.9. The maximum atomic E-state index is 12.8. The number of carbonyl (C=O) groups is 2. The molecule has 0 aliphatic carbocycles. The third-order valence-corrected chi connectivity index (χ3v) is 4.50. The molecular weight excluding hydrogens is 328 g/mol. The van der Waals surface area contributed by atoms with Crippen molar-refractivity contribution in [3.8, 4) is 0 Å². The number of alkyl carbamates (subject to hydrolysis) is 1. The van der Waals surface area contributed by atoms with Gasteiger partial charge in [0.2, 0.25) is 0 Å². The molecule has 0 saturated carbocycles. The highest BCUT2D eigenvalue weighted by atomic mass is 16.6. The number of fused-ring (bicyclic) bond motifs is 1. The van der Waals surface area contributed by atoms with Gasteiger partial charge in [-0.3, -0.25) is 4.79 Å². The maximum absolute atomic E-state index is 12.8. The SMILES string of the molecule is CC(C)(C)OC(=O)NC1CCN(C(=O)c2ccc3ccccc3c2)CC1. The van der Waals surface area contributed by atoms with E-state index < -0.39 is 11.7 Å². The Morgan fingerprint density at radius 1 is 1.04 bits per heavy atom. The fourth-order valence-corrected chi connectivity index (χ4v) is 3.21. The second-order valence-electron chi connectivity index (χ2n) is 7.77. The Hall–Kier alpha value is -2.56. The van der Waals surface area contributed by atoms with Gasteiger partial charge in [-0.2, -0.15) is 0 Å². The first-order valence-electron chi connectivity index (χ1n) is 9.09. The molecule has 5 heteroatoms. The predicted octanol–water partition coefficient (Wildman–Crippen LogP) is 3.97. The summed E-state index contributed by atoms with van der Waals surface area (Å²) in [5.41, 5.74) is 0.207. The first-order chi connectivity index (χ1) is 12.3. The fraction of sp³-hybridized carbons (Fsp3) is 0.429. The van der Waals surface area contributed by atoms with E-state index in [0.29, 0.717) is 18.7 Å². The Balaban J connectivity index is 1.57. The van der Waals surface area contributed by atoms with E-state index in [1.165, 1.54) is 0 Å². The number of carbonyl (C=O) groups excluding carboxylic acids is 2. The lowest BCUT2D eigenvalue weighted by Gasteiger charge is -2.33. The number of hydrogen-bond donors (Lipinski definition) is 1. The normalized spacial score (nSPS) is 15.7. The number of benzene rings is 2. The molecule has 2 aromatic carbocycles. The highest BCUT2D eigenvalue weighted by Gasteiger charge is 2.26. The minimum Gasteiger partial charge on any atom is -0.444 e.